The lowest BCUT2D eigenvalue weighted by Gasteiger charge is -2.43. The molecule has 1 heterocycles. The Balaban J connectivity index is 2.41. The lowest BCUT2D eigenvalue weighted by Crippen LogP contribution is -2.53. The van der Waals surface area contributed by atoms with Gasteiger partial charge < -0.3 is 5.32 Å². The summed E-state index contributed by atoms with van der Waals surface area (Å²) in [5.74, 6) is 3.46. The molecule has 1 saturated heterocycles. The van der Waals surface area contributed by atoms with Gasteiger partial charge in [0.25, 0.3) is 0 Å². The largest absolute Gasteiger partial charge is 0.314 e. The smallest absolute Gasteiger partial charge is 0.0214 e. The van der Waals surface area contributed by atoms with Crippen LogP contribution < -0.4 is 5.32 Å². The van der Waals surface area contributed by atoms with Crippen LogP contribution in [0.25, 0.3) is 0 Å². The molecular weight excluding hydrogens is 196 g/mol. The van der Waals surface area contributed by atoms with Crippen LogP contribution in [0.1, 0.15) is 40.0 Å². The Morgan fingerprint density at radius 2 is 2.19 bits per heavy atom. The number of hydrogen-bond donors (Lipinski definition) is 1. The third kappa shape index (κ3) is 3.50. The van der Waals surface area contributed by atoms with Crippen LogP contribution in [0.4, 0.5) is 0 Å². The number of hydrogen-bond acceptors (Lipinski definition) is 2. The molecule has 0 saturated carbocycles. The molecule has 3 atom stereocenters. The zero-order chi connectivity index (χ0) is 12.0. The van der Waals surface area contributed by atoms with E-state index in [1.54, 1.807) is 0 Å². The van der Waals surface area contributed by atoms with Gasteiger partial charge in [0, 0.05) is 25.0 Å². The Labute approximate surface area is 101 Å². The minimum Gasteiger partial charge on any atom is -0.314 e. The fourth-order valence-electron chi connectivity index (χ4n) is 2.58. The lowest BCUT2D eigenvalue weighted by atomic mass is 9.87. The van der Waals surface area contributed by atoms with Crippen LogP contribution in [0.15, 0.2) is 0 Å². The molecule has 0 aromatic heterocycles. The molecule has 16 heavy (non-hydrogen) atoms. The number of nitrogens with zero attached hydrogens (tertiary/aromatic N) is 1. The number of rotatable bonds is 5. The van der Waals surface area contributed by atoms with Crippen molar-refractivity contribution in [1.29, 1.82) is 0 Å². The summed E-state index contributed by atoms with van der Waals surface area (Å²) in [5.41, 5.74) is 0. The summed E-state index contributed by atoms with van der Waals surface area (Å²) in [5, 5.41) is 3.66. The molecule has 92 valence electrons. The van der Waals surface area contributed by atoms with Crippen molar-refractivity contribution in [2.24, 2.45) is 5.92 Å². The van der Waals surface area contributed by atoms with Gasteiger partial charge in [0.2, 0.25) is 0 Å². The Bertz CT molecular complexity index is 231. The normalized spacial score (nSPS) is 31.2. The first-order chi connectivity index (χ1) is 7.70. The van der Waals surface area contributed by atoms with Crippen LogP contribution in [0.5, 0.6) is 0 Å². The maximum atomic E-state index is 5.33. The van der Waals surface area contributed by atoms with E-state index in [1.807, 2.05) is 0 Å². The van der Waals surface area contributed by atoms with Crippen LogP contribution >= 0.6 is 0 Å². The van der Waals surface area contributed by atoms with Crippen molar-refractivity contribution in [3.63, 3.8) is 0 Å². The monoisotopic (exact) mass is 222 g/mol. The van der Waals surface area contributed by atoms with Crippen LogP contribution in [0.2, 0.25) is 0 Å². The maximum Gasteiger partial charge on any atom is 0.0214 e. The standard InChI is InChI=1S/C14H26N2/c1-5-7-10-16-11-8-14(15-9-6-2)12(3)13(16)4/h1,12-15H,6-11H2,2-4H3. The van der Waals surface area contributed by atoms with Gasteiger partial charge in [0.1, 0.15) is 0 Å². The highest BCUT2D eigenvalue weighted by Crippen LogP contribution is 2.23. The fraction of sp³-hybridized carbons (Fsp3) is 0.857. The summed E-state index contributed by atoms with van der Waals surface area (Å²) in [6, 6.07) is 1.34. The molecule has 1 N–H and O–H groups in total. The molecule has 0 aliphatic carbocycles. The molecule has 1 aliphatic rings. The molecule has 3 unspecified atom stereocenters. The molecule has 1 aliphatic heterocycles. The molecule has 0 amide bonds. The average Bonchev–Trinajstić information content (AvgIpc) is 2.30. The Morgan fingerprint density at radius 3 is 2.81 bits per heavy atom. The van der Waals surface area contributed by atoms with Gasteiger partial charge in [-0.05, 0) is 38.8 Å². The van der Waals surface area contributed by atoms with Crippen LogP contribution in [0.3, 0.4) is 0 Å². The topological polar surface area (TPSA) is 15.3 Å². The molecular formula is C14H26N2. The number of nitrogens with one attached hydrogen (secondary N) is 1. The van der Waals surface area contributed by atoms with Crippen molar-refractivity contribution < 1.29 is 0 Å². The van der Waals surface area contributed by atoms with Gasteiger partial charge in [-0.2, -0.15) is 0 Å². The SMILES string of the molecule is C#CCCN1CCC(NCCC)C(C)C1C. The fourth-order valence-corrected chi connectivity index (χ4v) is 2.58. The average molecular weight is 222 g/mol. The predicted octanol–water partition coefficient (Wildman–Crippen LogP) is 2.11. The van der Waals surface area contributed by atoms with Crippen LogP contribution in [-0.2, 0) is 0 Å². The molecule has 2 nitrogen and oxygen atoms in total. The Morgan fingerprint density at radius 1 is 1.44 bits per heavy atom. The molecule has 0 aromatic carbocycles. The third-order valence-electron chi connectivity index (χ3n) is 3.90. The summed E-state index contributed by atoms with van der Waals surface area (Å²) in [7, 11) is 0. The first-order valence-electron chi connectivity index (χ1n) is 6.61. The van der Waals surface area contributed by atoms with Crippen molar-refractivity contribution in [2.75, 3.05) is 19.6 Å². The van der Waals surface area contributed by atoms with Gasteiger partial charge >= 0.3 is 0 Å². The van der Waals surface area contributed by atoms with E-state index in [2.05, 4.69) is 36.9 Å². The minimum atomic E-state index is 0.649. The quantitative estimate of drug-likeness (QED) is 0.717. The van der Waals surface area contributed by atoms with Crippen LogP contribution in [-0.4, -0.2) is 36.6 Å². The van der Waals surface area contributed by atoms with Gasteiger partial charge in [-0.1, -0.05) is 13.8 Å². The number of piperidine rings is 1. The first-order valence-corrected chi connectivity index (χ1v) is 6.61. The summed E-state index contributed by atoms with van der Waals surface area (Å²) in [4.78, 5) is 2.54. The van der Waals surface area contributed by atoms with E-state index >= 15 is 0 Å². The summed E-state index contributed by atoms with van der Waals surface area (Å²) in [6.07, 6.45) is 8.69. The highest BCUT2D eigenvalue weighted by atomic mass is 15.2. The maximum absolute atomic E-state index is 5.33. The van der Waals surface area contributed by atoms with E-state index in [0.717, 1.165) is 25.4 Å². The van der Waals surface area contributed by atoms with Gasteiger partial charge in [-0.25, -0.2) is 0 Å². The molecule has 0 bridgehead atoms. The molecule has 0 radical (unpaired) electrons. The van der Waals surface area contributed by atoms with E-state index < -0.39 is 0 Å². The second-order valence-corrected chi connectivity index (χ2v) is 4.94. The van der Waals surface area contributed by atoms with E-state index in [4.69, 9.17) is 6.42 Å². The molecule has 1 rings (SSSR count). The zero-order valence-corrected chi connectivity index (χ0v) is 11.0. The van der Waals surface area contributed by atoms with E-state index in [-0.39, 0.29) is 0 Å². The molecule has 1 fully saturated rings. The minimum absolute atomic E-state index is 0.649. The van der Waals surface area contributed by atoms with Crippen molar-refractivity contribution in [3.05, 3.63) is 0 Å². The van der Waals surface area contributed by atoms with Crippen molar-refractivity contribution >= 4 is 0 Å². The van der Waals surface area contributed by atoms with Gasteiger partial charge in [0.15, 0.2) is 0 Å². The van der Waals surface area contributed by atoms with Crippen molar-refractivity contribution in [3.8, 4) is 12.3 Å². The highest BCUT2D eigenvalue weighted by Gasteiger charge is 2.31. The zero-order valence-electron chi connectivity index (χ0n) is 11.0. The summed E-state index contributed by atoms with van der Waals surface area (Å²) >= 11 is 0. The predicted molar refractivity (Wildman–Crippen MR) is 70.3 cm³/mol. The van der Waals surface area contributed by atoms with E-state index in [0.29, 0.717) is 12.1 Å². The molecule has 2 heteroatoms. The second-order valence-electron chi connectivity index (χ2n) is 4.94. The Hall–Kier alpha value is -0.520. The van der Waals surface area contributed by atoms with Crippen LogP contribution in [0, 0.1) is 18.3 Å². The third-order valence-corrected chi connectivity index (χ3v) is 3.90. The van der Waals surface area contributed by atoms with Gasteiger partial charge in [-0.3, -0.25) is 4.90 Å². The highest BCUT2D eigenvalue weighted by molar-refractivity contribution is 4.91. The lowest BCUT2D eigenvalue weighted by molar-refractivity contribution is 0.0872. The molecule has 0 spiro atoms. The Kier molecular flexibility index (Phi) is 5.87. The summed E-state index contributed by atoms with van der Waals surface area (Å²) < 4.78 is 0. The van der Waals surface area contributed by atoms with E-state index in [9.17, 15) is 0 Å². The van der Waals surface area contributed by atoms with Gasteiger partial charge in [-0.15, -0.1) is 12.3 Å². The van der Waals surface area contributed by atoms with Crippen molar-refractivity contribution in [2.45, 2.75) is 52.1 Å². The van der Waals surface area contributed by atoms with Gasteiger partial charge in [0.05, 0.1) is 0 Å². The summed E-state index contributed by atoms with van der Waals surface area (Å²) in [6.45, 7) is 10.3. The molecule has 0 aromatic rings. The number of likely N-dealkylation sites (tertiary alicyclic amines) is 1. The van der Waals surface area contributed by atoms with Crippen molar-refractivity contribution in [1.82, 2.24) is 10.2 Å². The number of terminal acetylenes is 1. The van der Waals surface area contributed by atoms with E-state index in [1.165, 1.54) is 19.4 Å². The second kappa shape index (κ2) is 6.93. The first kappa shape index (κ1) is 13.5.